The largest absolute Gasteiger partial charge is 0.337 e. The minimum atomic E-state index is -0.578. The van der Waals surface area contributed by atoms with Gasteiger partial charge in [-0.3, -0.25) is 9.59 Å². The Bertz CT molecular complexity index is 900. The number of urea groups is 1. The monoisotopic (exact) mass is 481 g/mol. The zero-order chi connectivity index (χ0) is 25.2. The van der Waals surface area contributed by atoms with Gasteiger partial charge in [0.2, 0.25) is 11.8 Å². The summed E-state index contributed by atoms with van der Waals surface area (Å²) in [6.07, 6.45) is 11.6. The Kier molecular flexibility index (Phi) is 9.98. The van der Waals surface area contributed by atoms with Crippen LogP contribution in [-0.2, 0) is 16.1 Å². The van der Waals surface area contributed by atoms with E-state index in [4.69, 9.17) is 6.42 Å². The van der Waals surface area contributed by atoms with Crippen molar-refractivity contribution >= 4 is 17.8 Å². The fourth-order valence-electron chi connectivity index (χ4n) is 4.90. The summed E-state index contributed by atoms with van der Waals surface area (Å²) in [6, 6.07) is 8.81. The van der Waals surface area contributed by atoms with E-state index < -0.39 is 12.2 Å². The smallest absolute Gasteiger partial charge is 0.334 e. The molecule has 2 saturated heterocycles. The van der Waals surface area contributed by atoms with Crippen LogP contribution in [0.4, 0.5) is 4.79 Å². The molecule has 0 radical (unpaired) electrons. The number of amides is 4. The van der Waals surface area contributed by atoms with Gasteiger partial charge in [-0.2, -0.15) is 5.01 Å². The lowest BCUT2D eigenvalue weighted by Gasteiger charge is -2.55. The molecule has 1 aromatic rings. The number of carbonyl (C=O) groups is 3. The molecule has 4 amide bonds. The molecule has 2 atom stereocenters. The van der Waals surface area contributed by atoms with Crippen molar-refractivity contribution in [3.05, 3.63) is 35.9 Å². The molecule has 0 saturated carbocycles. The van der Waals surface area contributed by atoms with Crippen molar-refractivity contribution < 1.29 is 14.4 Å². The third-order valence-electron chi connectivity index (χ3n) is 6.71. The topological polar surface area (TPSA) is 76.2 Å². The average molecular weight is 482 g/mol. The molecule has 1 N–H and O–H groups in total. The number of fused-ring (bicyclic) bond motifs is 1. The summed E-state index contributed by atoms with van der Waals surface area (Å²) < 4.78 is 0. The standard InChI is InChI=1S/C27H39N5O3/c1-4-7-9-13-18-29-20-24-31(23(26(29)34)16-8-5-2)25(33)21-30(17-6-3)32(24)27(35)28-19-22-14-11-10-12-15-22/h3,10-12,14-15,23-24H,4-5,7-9,13,16-21H2,1-2H3,(H,28,35)/t23-,24-/m0/s1. The summed E-state index contributed by atoms with van der Waals surface area (Å²) in [4.78, 5) is 43.7. The number of benzene rings is 1. The number of nitrogens with one attached hydrogen (secondary N) is 1. The molecular formula is C27H39N5O3. The summed E-state index contributed by atoms with van der Waals surface area (Å²) in [5.41, 5.74) is 0.978. The number of nitrogens with zero attached hydrogens (tertiary/aromatic N) is 4. The molecule has 0 spiro atoms. The lowest BCUT2D eigenvalue weighted by atomic mass is 10.0. The highest BCUT2D eigenvalue weighted by Crippen LogP contribution is 2.29. The zero-order valence-electron chi connectivity index (χ0n) is 21.1. The van der Waals surface area contributed by atoms with Crippen molar-refractivity contribution in [3.63, 3.8) is 0 Å². The Morgan fingerprint density at radius 3 is 2.51 bits per heavy atom. The number of carbonyl (C=O) groups excluding carboxylic acids is 3. The third kappa shape index (κ3) is 6.55. The van der Waals surface area contributed by atoms with Crippen molar-refractivity contribution in [2.75, 3.05) is 26.2 Å². The highest BCUT2D eigenvalue weighted by molar-refractivity contribution is 5.91. The van der Waals surface area contributed by atoms with E-state index in [2.05, 4.69) is 25.1 Å². The van der Waals surface area contributed by atoms with Crippen molar-refractivity contribution in [1.82, 2.24) is 25.1 Å². The van der Waals surface area contributed by atoms with Crippen LogP contribution in [0.1, 0.15) is 64.4 Å². The number of rotatable bonds is 11. The lowest BCUT2D eigenvalue weighted by molar-refractivity contribution is -0.189. The molecule has 0 aromatic heterocycles. The highest BCUT2D eigenvalue weighted by atomic mass is 16.2. The molecule has 2 aliphatic heterocycles. The number of hydrazine groups is 1. The van der Waals surface area contributed by atoms with Crippen LogP contribution in [0.15, 0.2) is 30.3 Å². The lowest BCUT2D eigenvalue weighted by Crippen LogP contribution is -2.76. The maximum atomic E-state index is 13.5. The second-order valence-electron chi connectivity index (χ2n) is 9.30. The van der Waals surface area contributed by atoms with Gasteiger partial charge in [0, 0.05) is 13.1 Å². The fraction of sp³-hybridized carbons (Fsp3) is 0.593. The number of piperazine rings is 1. The molecule has 3 rings (SSSR count). The Balaban J connectivity index is 1.86. The molecule has 2 fully saturated rings. The summed E-state index contributed by atoms with van der Waals surface area (Å²) >= 11 is 0. The Hall–Kier alpha value is -3.05. The van der Waals surface area contributed by atoms with E-state index in [0.29, 0.717) is 26.1 Å². The second kappa shape index (κ2) is 13.1. The molecule has 8 nitrogen and oxygen atoms in total. The van der Waals surface area contributed by atoms with Gasteiger partial charge in [-0.1, -0.05) is 82.2 Å². The van der Waals surface area contributed by atoms with Crippen LogP contribution in [-0.4, -0.2) is 76.0 Å². The average Bonchev–Trinajstić information content (AvgIpc) is 2.86. The number of terminal acetylenes is 1. The van der Waals surface area contributed by atoms with E-state index in [0.717, 1.165) is 44.1 Å². The predicted molar refractivity (Wildman–Crippen MR) is 136 cm³/mol. The highest BCUT2D eigenvalue weighted by Gasteiger charge is 2.50. The van der Waals surface area contributed by atoms with Crippen molar-refractivity contribution in [2.45, 2.75) is 77.5 Å². The third-order valence-corrected chi connectivity index (χ3v) is 6.71. The summed E-state index contributed by atoms with van der Waals surface area (Å²) in [6.45, 7) is 5.63. The normalized spacial score (nSPS) is 20.5. The van der Waals surface area contributed by atoms with Crippen LogP contribution in [0.25, 0.3) is 0 Å². The number of hydrogen-bond acceptors (Lipinski definition) is 4. The number of unbranched alkanes of at least 4 members (excludes halogenated alkanes) is 4. The van der Waals surface area contributed by atoms with Gasteiger partial charge in [0.05, 0.1) is 19.6 Å². The molecule has 2 aliphatic rings. The van der Waals surface area contributed by atoms with Crippen molar-refractivity contribution in [2.24, 2.45) is 0 Å². The summed E-state index contributed by atoms with van der Waals surface area (Å²) in [5.74, 6) is 2.42. The first-order chi connectivity index (χ1) is 17.0. The Labute approximate surface area is 209 Å². The van der Waals surface area contributed by atoms with E-state index in [9.17, 15) is 14.4 Å². The molecule has 35 heavy (non-hydrogen) atoms. The van der Waals surface area contributed by atoms with E-state index in [-0.39, 0.29) is 30.9 Å². The summed E-state index contributed by atoms with van der Waals surface area (Å²) in [7, 11) is 0. The van der Waals surface area contributed by atoms with Gasteiger partial charge in [-0.15, -0.1) is 6.42 Å². The van der Waals surface area contributed by atoms with Crippen LogP contribution < -0.4 is 5.32 Å². The quantitative estimate of drug-likeness (QED) is 0.389. The van der Waals surface area contributed by atoms with Gasteiger partial charge in [0.1, 0.15) is 12.2 Å². The SMILES string of the molecule is C#CCN1CC(=O)N2[C@@H](CCCC)C(=O)N(CCCCCC)C[C@@H]2N1C(=O)NCc1ccccc1. The van der Waals surface area contributed by atoms with Crippen LogP contribution in [0, 0.1) is 12.3 Å². The van der Waals surface area contributed by atoms with Crippen LogP contribution in [0.5, 0.6) is 0 Å². The van der Waals surface area contributed by atoms with E-state index >= 15 is 0 Å². The molecular weight excluding hydrogens is 442 g/mol. The van der Waals surface area contributed by atoms with E-state index in [1.165, 1.54) is 0 Å². The van der Waals surface area contributed by atoms with Crippen molar-refractivity contribution in [1.29, 1.82) is 0 Å². The van der Waals surface area contributed by atoms with Gasteiger partial charge in [-0.05, 0) is 18.4 Å². The van der Waals surface area contributed by atoms with E-state index in [1.54, 1.807) is 14.9 Å². The first kappa shape index (κ1) is 26.6. The van der Waals surface area contributed by atoms with Crippen LogP contribution >= 0.6 is 0 Å². The molecule has 0 unspecified atom stereocenters. The van der Waals surface area contributed by atoms with Crippen molar-refractivity contribution in [3.8, 4) is 12.3 Å². The minimum Gasteiger partial charge on any atom is -0.337 e. The van der Waals surface area contributed by atoms with Gasteiger partial charge < -0.3 is 15.1 Å². The van der Waals surface area contributed by atoms with Crippen LogP contribution in [0.2, 0.25) is 0 Å². The van der Waals surface area contributed by atoms with Gasteiger partial charge in [0.25, 0.3) is 0 Å². The second-order valence-corrected chi connectivity index (χ2v) is 9.30. The number of hydrogen-bond donors (Lipinski definition) is 1. The first-order valence-electron chi connectivity index (χ1n) is 12.9. The van der Waals surface area contributed by atoms with E-state index in [1.807, 2.05) is 35.2 Å². The minimum absolute atomic E-state index is 0.00501. The maximum Gasteiger partial charge on any atom is 0.334 e. The molecule has 1 aromatic carbocycles. The van der Waals surface area contributed by atoms with Gasteiger partial charge >= 0.3 is 6.03 Å². The molecule has 0 aliphatic carbocycles. The maximum absolute atomic E-state index is 13.5. The van der Waals surface area contributed by atoms with Gasteiger partial charge in [0.15, 0.2) is 0 Å². The fourth-order valence-corrected chi connectivity index (χ4v) is 4.90. The van der Waals surface area contributed by atoms with Crippen LogP contribution in [0.3, 0.4) is 0 Å². The Morgan fingerprint density at radius 2 is 1.83 bits per heavy atom. The first-order valence-corrected chi connectivity index (χ1v) is 12.9. The molecule has 0 bridgehead atoms. The molecule has 8 heteroatoms. The summed E-state index contributed by atoms with van der Waals surface area (Å²) in [5, 5.41) is 6.19. The molecule has 190 valence electrons. The van der Waals surface area contributed by atoms with Gasteiger partial charge in [-0.25, -0.2) is 9.80 Å². The zero-order valence-corrected chi connectivity index (χ0v) is 21.1. The predicted octanol–water partition coefficient (Wildman–Crippen LogP) is 3.20. The molecule has 2 heterocycles. The Morgan fingerprint density at radius 1 is 1.09 bits per heavy atom.